The Balaban J connectivity index is 1.99. The molecule has 1 heterocycles. The van der Waals surface area contributed by atoms with Gasteiger partial charge in [-0.05, 0) is 42.8 Å². The molecular formula is C23H20BrF3N4O4S. The summed E-state index contributed by atoms with van der Waals surface area (Å²) in [5.74, 6) is -1.90. The number of thioether (sulfide) groups is 1. The maximum absolute atomic E-state index is 13.4. The van der Waals surface area contributed by atoms with Crippen molar-refractivity contribution < 1.29 is 23.1 Å². The normalized spacial score (nSPS) is 12.0. The molecule has 3 rings (SSSR count). The Bertz CT molecular complexity index is 1480. The fraction of sp³-hybridized carbons (Fsp3) is 0.217. The van der Waals surface area contributed by atoms with Crippen LogP contribution in [0.1, 0.15) is 16.7 Å². The quantitative estimate of drug-likeness (QED) is 0.343. The van der Waals surface area contributed by atoms with Gasteiger partial charge in [0, 0.05) is 18.6 Å². The third-order valence-corrected chi connectivity index (χ3v) is 6.45. The number of hydrogen-bond donors (Lipinski definition) is 2. The van der Waals surface area contributed by atoms with Crippen molar-refractivity contribution in [1.82, 2.24) is 9.13 Å². The molecule has 0 aliphatic heterocycles. The molecule has 0 saturated carbocycles. The second kappa shape index (κ2) is 10.7. The van der Waals surface area contributed by atoms with Gasteiger partial charge in [-0.1, -0.05) is 39.8 Å². The fourth-order valence-corrected chi connectivity index (χ4v) is 4.37. The van der Waals surface area contributed by atoms with Gasteiger partial charge in [0.25, 0.3) is 5.56 Å². The average Bonchev–Trinajstić information content (AvgIpc) is 2.80. The number of nitrogens with one attached hydrogen (secondary N) is 1. The zero-order valence-electron chi connectivity index (χ0n) is 19.2. The molecule has 0 bridgehead atoms. The van der Waals surface area contributed by atoms with Crippen molar-refractivity contribution in [3.05, 3.63) is 84.5 Å². The van der Waals surface area contributed by atoms with Gasteiger partial charge in [0.05, 0.1) is 22.7 Å². The van der Waals surface area contributed by atoms with Gasteiger partial charge in [-0.25, -0.2) is 9.79 Å². The van der Waals surface area contributed by atoms with E-state index in [0.717, 1.165) is 38.6 Å². The molecule has 0 radical (unpaired) electrons. The number of aromatic nitrogens is 2. The first-order valence-corrected chi connectivity index (χ1v) is 12.0. The first-order chi connectivity index (χ1) is 16.8. The van der Waals surface area contributed by atoms with Gasteiger partial charge in [-0.2, -0.15) is 13.2 Å². The Morgan fingerprint density at radius 2 is 1.83 bits per heavy atom. The monoisotopic (exact) mass is 584 g/mol. The van der Waals surface area contributed by atoms with Crippen molar-refractivity contribution in [2.45, 2.75) is 13.1 Å². The summed E-state index contributed by atoms with van der Waals surface area (Å²) in [6, 6.07) is 10.2. The summed E-state index contributed by atoms with van der Waals surface area (Å²) in [4.78, 5) is 42.0. The second-order valence-electron chi connectivity index (χ2n) is 7.68. The summed E-state index contributed by atoms with van der Waals surface area (Å²) in [5, 5.41) is 12.7. The number of anilines is 1. The first kappa shape index (κ1) is 27.3. The molecule has 13 heteroatoms. The lowest BCUT2D eigenvalue weighted by molar-refractivity contribution is -0.137. The number of hydrogen-bond acceptors (Lipinski definition) is 6. The molecule has 0 fully saturated rings. The van der Waals surface area contributed by atoms with Crippen LogP contribution >= 0.6 is 27.7 Å². The molecule has 1 aromatic heterocycles. The minimum Gasteiger partial charge on any atom is -0.494 e. The van der Waals surface area contributed by atoms with Gasteiger partial charge in [0.2, 0.25) is 11.8 Å². The van der Waals surface area contributed by atoms with E-state index in [2.05, 4.69) is 26.2 Å². The van der Waals surface area contributed by atoms with Crippen molar-refractivity contribution in [1.29, 1.82) is 0 Å². The lowest BCUT2D eigenvalue weighted by Crippen LogP contribution is -2.39. The molecule has 0 aliphatic rings. The third-order valence-electron chi connectivity index (χ3n) is 4.98. The number of nitrogens with zero attached hydrogens (tertiary/aromatic N) is 3. The number of alkyl halides is 3. The molecule has 2 aromatic carbocycles. The lowest BCUT2D eigenvalue weighted by atomic mass is 10.1. The van der Waals surface area contributed by atoms with Crippen molar-refractivity contribution in [3.8, 4) is 5.88 Å². The van der Waals surface area contributed by atoms with E-state index < -0.39 is 46.2 Å². The topological polar surface area (TPSA) is 106 Å². The lowest BCUT2D eigenvalue weighted by Gasteiger charge is -2.15. The Labute approximate surface area is 215 Å². The van der Waals surface area contributed by atoms with Crippen molar-refractivity contribution >= 4 is 50.0 Å². The molecule has 0 spiro atoms. The molecule has 3 aromatic rings. The van der Waals surface area contributed by atoms with Gasteiger partial charge < -0.3 is 10.4 Å². The highest BCUT2D eigenvalue weighted by Gasteiger charge is 2.34. The van der Waals surface area contributed by atoms with Crippen LogP contribution in [0.3, 0.4) is 0 Å². The number of benzene rings is 2. The smallest absolute Gasteiger partial charge is 0.418 e. The minimum absolute atomic E-state index is 0.0868. The second-order valence-corrected chi connectivity index (χ2v) is 9.56. The Hall–Kier alpha value is -3.32. The predicted octanol–water partition coefficient (Wildman–Crippen LogP) is 4.33. The number of aryl methyl sites for hydroxylation is 1. The zero-order chi connectivity index (χ0) is 26.8. The van der Waals surface area contributed by atoms with Crippen molar-refractivity contribution in [3.63, 3.8) is 0 Å². The summed E-state index contributed by atoms with van der Waals surface area (Å²) in [6.07, 6.45) is -4.70. The van der Waals surface area contributed by atoms with E-state index in [1.807, 2.05) is 13.0 Å². The number of amides is 1. The van der Waals surface area contributed by atoms with Gasteiger partial charge in [0.15, 0.2) is 0 Å². The van der Waals surface area contributed by atoms with Gasteiger partial charge in [-0.3, -0.25) is 18.7 Å². The highest BCUT2D eigenvalue weighted by Crippen LogP contribution is 2.36. The highest BCUT2D eigenvalue weighted by atomic mass is 79.9. The van der Waals surface area contributed by atoms with Crippen molar-refractivity contribution in [2.75, 3.05) is 11.1 Å². The van der Waals surface area contributed by atoms with Crippen LogP contribution in [0.25, 0.3) is 0 Å². The SMILES string of the molecule is Cc1cccc(N=C(SCC(=O)Nc2ccc(Br)cc2C(F)(F)F)c2c(O)n(C)c(=O)n(C)c2=O)c1. The summed E-state index contributed by atoms with van der Waals surface area (Å²) in [7, 11) is 2.48. The number of aromatic hydroxyl groups is 1. The van der Waals surface area contributed by atoms with E-state index in [0.29, 0.717) is 5.69 Å². The zero-order valence-corrected chi connectivity index (χ0v) is 21.6. The van der Waals surface area contributed by atoms with Crippen LogP contribution < -0.4 is 16.6 Å². The number of carbonyl (C=O) groups excluding carboxylic acids is 1. The van der Waals surface area contributed by atoms with E-state index >= 15 is 0 Å². The number of rotatable bonds is 5. The maximum Gasteiger partial charge on any atom is 0.418 e. The van der Waals surface area contributed by atoms with Crippen LogP contribution in [0.4, 0.5) is 24.5 Å². The minimum atomic E-state index is -4.70. The molecule has 1 amide bonds. The van der Waals surface area contributed by atoms with E-state index in [9.17, 15) is 32.7 Å². The number of halogens is 4. The number of carbonyl (C=O) groups is 1. The molecule has 0 atom stereocenters. The molecule has 0 saturated heterocycles. The molecule has 8 nitrogen and oxygen atoms in total. The van der Waals surface area contributed by atoms with Gasteiger partial charge in [0.1, 0.15) is 10.6 Å². The van der Waals surface area contributed by atoms with Crippen molar-refractivity contribution in [2.24, 2.45) is 19.1 Å². The summed E-state index contributed by atoms with van der Waals surface area (Å²) in [6.45, 7) is 1.82. The molecule has 190 valence electrons. The van der Waals surface area contributed by atoms with E-state index in [1.165, 1.54) is 20.2 Å². The molecular weight excluding hydrogens is 565 g/mol. The van der Waals surface area contributed by atoms with Gasteiger partial charge >= 0.3 is 11.9 Å². The first-order valence-electron chi connectivity index (χ1n) is 10.2. The summed E-state index contributed by atoms with van der Waals surface area (Å²) in [5.41, 5.74) is -2.15. The largest absolute Gasteiger partial charge is 0.494 e. The molecule has 36 heavy (non-hydrogen) atoms. The third kappa shape index (κ3) is 6.08. The fourth-order valence-electron chi connectivity index (χ4n) is 3.18. The average molecular weight is 585 g/mol. The van der Waals surface area contributed by atoms with Crippen LogP contribution in [-0.4, -0.2) is 30.9 Å². The van der Waals surface area contributed by atoms with Gasteiger partial charge in [-0.15, -0.1) is 0 Å². The van der Waals surface area contributed by atoms with Crippen LogP contribution in [0.2, 0.25) is 0 Å². The molecule has 0 aliphatic carbocycles. The van der Waals surface area contributed by atoms with Crippen LogP contribution in [0.15, 0.2) is 61.5 Å². The van der Waals surface area contributed by atoms with E-state index in [-0.39, 0.29) is 15.1 Å². The summed E-state index contributed by atoms with van der Waals surface area (Å²) >= 11 is 3.71. The standard InChI is InChI=1S/C23H20BrF3N4O4S/c1-12-5-4-6-14(9-12)28-19(18-20(33)30(2)22(35)31(3)21(18)34)36-11-17(32)29-16-8-7-13(24)10-15(16)23(25,26)27/h4-10,33H,11H2,1-3H3,(H,29,32). The Kier molecular flexibility index (Phi) is 8.14. The highest BCUT2D eigenvalue weighted by molar-refractivity contribution is 9.10. The Morgan fingerprint density at radius 3 is 2.47 bits per heavy atom. The predicted molar refractivity (Wildman–Crippen MR) is 136 cm³/mol. The van der Waals surface area contributed by atoms with E-state index in [4.69, 9.17) is 0 Å². The molecule has 0 unspecified atom stereocenters. The van der Waals surface area contributed by atoms with Crippen LogP contribution in [0, 0.1) is 6.92 Å². The Morgan fingerprint density at radius 1 is 1.14 bits per heavy atom. The number of aliphatic imine (C=N–C) groups is 1. The summed E-state index contributed by atoms with van der Waals surface area (Å²) < 4.78 is 42.0. The van der Waals surface area contributed by atoms with Crippen LogP contribution in [-0.2, 0) is 25.1 Å². The van der Waals surface area contributed by atoms with Crippen LogP contribution in [0.5, 0.6) is 5.88 Å². The maximum atomic E-state index is 13.4. The van der Waals surface area contributed by atoms with E-state index in [1.54, 1.807) is 18.2 Å². The molecule has 2 N–H and O–H groups in total.